The summed E-state index contributed by atoms with van der Waals surface area (Å²) in [7, 11) is 0. The number of hydrogen-bond donors (Lipinski definition) is 2. The number of likely N-dealkylation sites (tertiary alicyclic amines) is 1. The molecule has 21 heavy (non-hydrogen) atoms. The van der Waals surface area contributed by atoms with Crippen molar-refractivity contribution in [2.24, 2.45) is 0 Å². The molecule has 1 saturated heterocycles. The van der Waals surface area contributed by atoms with E-state index in [0.29, 0.717) is 6.54 Å². The SMILES string of the molecule is Nc1cccc(C(=O)N2CCCC2c2cccnc2)c1O. The van der Waals surface area contributed by atoms with E-state index in [2.05, 4.69) is 4.98 Å². The Morgan fingerprint density at radius 1 is 1.33 bits per heavy atom. The van der Waals surface area contributed by atoms with Crippen molar-refractivity contribution in [3.63, 3.8) is 0 Å². The van der Waals surface area contributed by atoms with Crippen LogP contribution in [0.4, 0.5) is 5.69 Å². The topological polar surface area (TPSA) is 79.5 Å². The summed E-state index contributed by atoms with van der Waals surface area (Å²) in [6.07, 6.45) is 5.35. The summed E-state index contributed by atoms with van der Waals surface area (Å²) >= 11 is 0. The summed E-state index contributed by atoms with van der Waals surface area (Å²) < 4.78 is 0. The third kappa shape index (κ3) is 2.42. The van der Waals surface area contributed by atoms with Gasteiger partial charge in [-0.2, -0.15) is 0 Å². The first-order chi connectivity index (χ1) is 10.2. The molecule has 1 aliphatic rings. The number of para-hydroxylation sites is 1. The molecule has 1 aliphatic heterocycles. The first-order valence-corrected chi connectivity index (χ1v) is 6.97. The summed E-state index contributed by atoms with van der Waals surface area (Å²) in [6.45, 7) is 0.673. The van der Waals surface area contributed by atoms with Gasteiger partial charge in [0, 0.05) is 18.9 Å². The van der Waals surface area contributed by atoms with E-state index in [0.717, 1.165) is 18.4 Å². The van der Waals surface area contributed by atoms with Crippen molar-refractivity contribution in [2.45, 2.75) is 18.9 Å². The van der Waals surface area contributed by atoms with Crippen LogP contribution in [0.3, 0.4) is 0 Å². The highest BCUT2D eigenvalue weighted by molar-refractivity contribution is 5.98. The Morgan fingerprint density at radius 2 is 2.19 bits per heavy atom. The Labute approximate surface area is 123 Å². The smallest absolute Gasteiger partial charge is 0.258 e. The summed E-state index contributed by atoms with van der Waals surface area (Å²) in [5.74, 6) is -0.328. The van der Waals surface area contributed by atoms with Crippen LogP contribution >= 0.6 is 0 Å². The molecule has 1 unspecified atom stereocenters. The molecule has 1 aromatic heterocycles. The van der Waals surface area contributed by atoms with E-state index in [-0.39, 0.29) is 28.9 Å². The Morgan fingerprint density at radius 3 is 2.95 bits per heavy atom. The van der Waals surface area contributed by atoms with Crippen molar-refractivity contribution < 1.29 is 9.90 Å². The van der Waals surface area contributed by atoms with Gasteiger partial charge in [-0.15, -0.1) is 0 Å². The molecule has 0 saturated carbocycles. The van der Waals surface area contributed by atoms with Gasteiger partial charge in [0.1, 0.15) is 0 Å². The number of aromatic nitrogens is 1. The van der Waals surface area contributed by atoms with Crippen molar-refractivity contribution in [3.8, 4) is 5.75 Å². The minimum Gasteiger partial charge on any atom is -0.505 e. The lowest BCUT2D eigenvalue weighted by Gasteiger charge is -2.25. The number of nitrogens with zero attached hydrogens (tertiary/aromatic N) is 2. The van der Waals surface area contributed by atoms with Crippen molar-refractivity contribution in [3.05, 3.63) is 53.9 Å². The number of nitrogen functional groups attached to an aromatic ring is 1. The molecule has 1 aromatic carbocycles. The highest BCUT2D eigenvalue weighted by Crippen LogP contribution is 2.35. The number of rotatable bonds is 2. The van der Waals surface area contributed by atoms with Crippen LogP contribution in [0.5, 0.6) is 5.75 Å². The van der Waals surface area contributed by atoms with Crippen LogP contribution in [0.1, 0.15) is 34.8 Å². The number of hydrogen-bond acceptors (Lipinski definition) is 4. The molecule has 108 valence electrons. The van der Waals surface area contributed by atoms with Gasteiger partial charge in [-0.1, -0.05) is 12.1 Å². The van der Waals surface area contributed by atoms with Crippen LogP contribution in [0.25, 0.3) is 0 Å². The molecule has 3 rings (SSSR count). The highest BCUT2D eigenvalue weighted by Gasteiger charge is 2.32. The molecule has 2 aromatic rings. The monoisotopic (exact) mass is 283 g/mol. The van der Waals surface area contributed by atoms with Crippen molar-refractivity contribution >= 4 is 11.6 Å². The van der Waals surface area contributed by atoms with Crippen LogP contribution in [0, 0.1) is 0 Å². The van der Waals surface area contributed by atoms with Gasteiger partial charge >= 0.3 is 0 Å². The third-order valence-corrected chi connectivity index (χ3v) is 3.88. The Bertz CT molecular complexity index is 658. The summed E-state index contributed by atoms with van der Waals surface area (Å²) in [6, 6.07) is 8.71. The number of carbonyl (C=O) groups is 1. The minimum atomic E-state index is -0.189. The zero-order valence-corrected chi connectivity index (χ0v) is 11.6. The van der Waals surface area contributed by atoms with E-state index in [9.17, 15) is 9.90 Å². The Hall–Kier alpha value is -2.56. The van der Waals surface area contributed by atoms with Crippen LogP contribution in [-0.4, -0.2) is 27.4 Å². The number of phenolic OH excluding ortho intramolecular Hbond substituents is 1. The molecule has 5 heteroatoms. The number of pyridine rings is 1. The quantitative estimate of drug-likeness (QED) is 0.655. The van der Waals surface area contributed by atoms with Gasteiger partial charge in [0.15, 0.2) is 5.75 Å². The third-order valence-electron chi connectivity index (χ3n) is 3.88. The van der Waals surface area contributed by atoms with Gasteiger partial charge in [-0.25, -0.2) is 0 Å². The number of nitrogens with two attached hydrogens (primary N) is 1. The number of benzene rings is 1. The average Bonchev–Trinajstić information content (AvgIpc) is 3.00. The van der Waals surface area contributed by atoms with E-state index in [1.54, 1.807) is 35.5 Å². The number of carbonyl (C=O) groups excluding carboxylic acids is 1. The minimum absolute atomic E-state index is 0.00651. The van der Waals surface area contributed by atoms with Crippen molar-refractivity contribution in [2.75, 3.05) is 12.3 Å². The van der Waals surface area contributed by atoms with Crippen molar-refractivity contribution in [1.29, 1.82) is 0 Å². The lowest BCUT2D eigenvalue weighted by Crippen LogP contribution is -2.30. The maximum absolute atomic E-state index is 12.7. The molecule has 0 bridgehead atoms. The second-order valence-corrected chi connectivity index (χ2v) is 5.19. The molecular formula is C16H17N3O2. The molecule has 1 atom stereocenters. The van der Waals surface area contributed by atoms with Crippen LogP contribution in [0.15, 0.2) is 42.7 Å². The summed E-state index contributed by atoms with van der Waals surface area (Å²) in [5, 5.41) is 10.0. The Kier molecular flexibility index (Phi) is 3.48. The number of aromatic hydroxyl groups is 1. The highest BCUT2D eigenvalue weighted by atomic mass is 16.3. The zero-order valence-electron chi connectivity index (χ0n) is 11.6. The first-order valence-electron chi connectivity index (χ1n) is 6.97. The molecule has 3 N–H and O–H groups in total. The maximum atomic E-state index is 12.7. The molecule has 1 fully saturated rings. The molecule has 5 nitrogen and oxygen atoms in total. The van der Waals surface area contributed by atoms with Gasteiger partial charge in [-0.05, 0) is 36.6 Å². The number of phenols is 1. The zero-order chi connectivity index (χ0) is 14.8. The van der Waals surface area contributed by atoms with E-state index in [1.165, 1.54) is 0 Å². The van der Waals surface area contributed by atoms with E-state index in [1.807, 2.05) is 12.1 Å². The summed E-state index contributed by atoms with van der Waals surface area (Å²) in [4.78, 5) is 18.6. The fourth-order valence-electron chi connectivity index (χ4n) is 2.82. The average molecular weight is 283 g/mol. The van der Waals surface area contributed by atoms with Crippen LogP contribution < -0.4 is 5.73 Å². The predicted octanol–water partition coefficient (Wildman–Crippen LogP) is 2.35. The second kappa shape index (κ2) is 5.44. The van der Waals surface area contributed by atoms with Gasteiger partial charge in [0.05, 0.1) is 17.3 Å². The molecule has 0 aliphatic carbocycles. The standard InChI is InChI=1S/C16H17N3O2/c17-13-6-1-5-12(15(13)20)16(21)19-9-3-7-14(19)11-4-2-8-18-10-11/h1-2,4-6,8,10,14,20H,3,7,9,17H2. The van der Waals surface area contributed by atoms with Gasteiger partial charge in [0.25, 0.3) is 5.91 Å². The lowest BCUT2D eigenvalue weighted by molar-refractivity contribution is 0.0732. The van der Waals surface area contributed by atoms with E-state index in [4.69, 9.17) is 5.73 Å². The van der Waals surface area contributed by atoms with Gasteiger partial charge in [-0.3, -0.25) is 9.78 Å². The molecular weight excluding hydrogens is 266 g/mol. The first kappa shape index (κ1) is 13.4. The Balaban J connectivity index is 1.92. The van der Waals surface area contributed by atoms with Crippen molar-refractivity contribution in [1.82, 2.24) is 9.88 Å². The van der Waals surface area contributed by atoms with Crippen LogP contribution in [-0.2, 0) is 0 Å². The predicted molar refractivity (Wildman–Crippen MR) is 79.8 cm³/mol. The number of amides is 1. The fourth-order valence-corrected chi connectivity index (χ4v) is 2.82. The second-order valence-electron chi connectivity index (χ2n) is 5.19. The largest absolute Gasteiger partial charge is 0.505 e. The van der Waals surface area contributed by atoms with Crippen LogP contribution in [0.2, 0.25) is 0 Å². The summed E-state index contributed by atoms with van der Waals surface area (Å²) in [5.41, 5.74) is 7.17. The molecule has 2 heterocycles. The van der Waals surface area contributed by atoms with E-state index < -0.39 is 0 Å². The van der Waals surface area contributed by atoms with Gasteiger partial charge < -0.3 is 15.7 Å². The van der Waals surface area contributed by atoms with E-state index >= 15 is 0 Å². The fraction of sp³-hybridized carbons (Fsp3) is 0.250. The van der Waals surface area contributed by atoms with Gasteiger partial charge in [0.2, 0.25) is 0 Å². The lowest BCUT2D eigenvalue weighted by atomic mass is 10.1. The number of anilines is 1. The molecule has 0 radical (unpaired) electrons. The normalized spacial score (nSPS) is 17.9. The molecule has 1 amide bonds. The maximum Gasteiger partial charge on any atom is 0.258 e. The molecule has 0 spiro atoms.